The highest BCUT2D eigenvalue weighted by Crippen LogP contribution is 2.30. The first-order chi connectivity index (χ1) is 13.9. The van der Waals surface area contributed by atoms with Crippen LogP contribution in [0.25, 0.3) is 21.8 Å². The largest absolute Gasteiger partial charge is 0.338 e. The number of nitrogens with one attached hydrogen (secondary N) is 2. The fraction of sp³-hybridized carbons (Fsp3) is 0.500. The summed E-state index contributed by atoms with van der Waals surface area (Å²) < 4.78 is 2.48. The monoisotopic (exact) mass is 380 g/mol. The standard InChI is InChI=1S/C22H32N6/c23-8-3-4-9-25-17-20-22-19(7-10-26-20)18-5-1-2-6-21(18)28(22)16-15-27-13-11-24-12-14-27/h1-2,5-7,10,24-25H,3-4,8-9,11-17,23H2. The van der Waals surface area contributed by atoms with Crippen LogP contribution < -0.4 is 16.4 Å². The molecule has 6 nitrogen and oxygen atoms in total. The second-order valence-corrected chi connectivity index (χ2v) is 7.59. The number of hydrogen-bond donors (Lipinski definition) is 3. The van der Waals surface area contributed by atoms with Gasteiger partial charge in [-0.25, -0.2) is 0 Å². The van der Waals surface area contributed by atoms with Gasteiger partial charge >= 0.3 is 0 Å². The van der Waals surface area contributed by atoms with E-state index < -0.39 is 0 Å². The Morgan fingerprint density at radius 2 is 1.89 bits per heavy atom. The van der Waals surface area contributed by atoms with Gasteiger partial charge in [0, 0.05) is 68.3 Å². The van der Waals surface area contributed by atoms with E-state index in [4.69, 9.17) is 10.7 Å². The van der Waals surface area contributed by atoms with Crippen LogP contribution in [0.3, 0.4) is 0 Å². The number of pyridine rings is 1. The van der Waals surface area contributed by atoms with E-state index in [0.717, 1.165) is 77.4 Å². The van der Waals surface area contributed by atoms with Crippen molar-refractivity contribution < 1.29 is 0 Å². The molecule has 3 heterocycles. The molecule has 150 valence electrons. The molecule has 0 amide bonds. The average Bonchev–Trinajstić information content (AvgIpc) is 3.07. The summed E-state index contributed by atoms with van der Waals surface area (Å²) >= 11 is 0. The lowest BCUT2D eigenvalue weighted by atomic mass is 10.1. The molecule has 4 rings (SSSR count). The number of benzene rings is 1. The minimum absolute atomic E-state index is 0.760. The molecule has 1 aliphatic rings. The number of nitrogens with zero attached hydrogens (tertiary/aromatic N) is 3. The van der Waals surface area contributed by atoms with Crippen molar-refractivity contribution in [2.75, 3.05) is 45.8 Å². The number of piperazine rings is 1. The topological polar surface area (TPSA) is 71.1 Å². The summed E-state index contributed by atoms with van der Waals surface area (Å²) in [6.07, 6.45) is 4.13. The molecule has 0 bridgehead atoms. The van der Waals surface area contributed by atoms with Crippen molar-refractivity contribution in [3.8, 4) is 0 Å². The Bertz CT molecular complexity index is 897. The Kier molecular flexibility index (Phi) is 6.54. The van der Waals surface area contributed by atoms with Crippen LogP contribution in [0.5, 0.6) is 0 Å². The minimum Gasteiger partial charge on any atom is -0.338 e. The molecule has 0 spiro atoms. The van der Waals surface area contributed by atoms with Crippen molar-refractivity contribution in [2.24, 2.45) is 5.73 Å². The third kappa shape index (κ3) is 4.20. The second-order valence-electron chi connectivity index (χ2n) is 7.59. The molecule has 3 aromatic rings. The molecule has 1 saturated heterocycles. The minimum atomic E-state index is 0.760. The molecular formula is C22H32N6. The smallest absolute Gasteiger partial charge is 0.0784 e. The maximum Gasteiger partial charge on any atom is 0.0784 e. The highest BCUT2D eigenvalue weighted by Gasteiger charge is 2.16. The van der Waals surface area contributed by atoms with Gasteiger partial charge in [0.2, 0.25) is 0 Å². The third-order valence-electron chi connectivity index (χ3n) is 5.70. The van der Waals surface area contributed by atoms with Crippen LogP contribution in [0.4, 0.5) is 0 Å². The van der Waals surface area contributed by atoms with Gasteiger partial charge < -0.3 is 20.9 Å². The van der Waals surface area contributed by atoms with E-state index >= 15 is 0 Å². The van der Waals surface area contributed by atoms with Crippen molar-refractivity contribution in [1.82, 2.24) is 25.1 Å². The number of aromatic nitrogens is 2. The van der Waals surface area contributed by atoms with E-state index in [-0.39, 0.29) is 0 Å². The zero-order chi connectivity index (χ0) is 19.2. The lowest BCUT2D eigenvalue weighted by Gasteiger charge is -2.27. The van der Waals surface area contributed by atoms with Gasteiger partial charge in [-0.3, -0.25) is 9.88 Å². The van der Waals surface area contributed by atoms with Gasteiger partial charge in [0.25, 0.3) is 0 Å². The van der Waals surface area contributed by atoms with Crippen LogP contribution >= 0.6 is 0 Å². The summed E-state index contributed by atoms with van der Waals surface area (Å²) in [6, 6.07) is 10.9. The molecule has 1 fully saturated rings. The number of fused-ring (bicyclic) bond motifs is 3. The first-order valence-corrected chi connectivity index (χ1v) is 10.6. The van der Waals surface area contributed by atoms with Crippen LogP contribution in [0.15, 0.2) is 36.5 Å². The van der Waals surface area contributed by atoms with E-state index in [1.807, 2.05) is 6.20 Å². The fourth-order valence-electron chi connectivity index (χ4n) is 4.21. The first kappa shape index (κ1) is 19.3. The lowest BCUT2D eigenvalue weighted by Crippen LogP contribution is -2.44. The second kappa shape index (κ2) is 9.47. The molecule has 2 aromatic heterocycles. The van der Waals surface area contributed by atoms with Crippen molar-refractivity contribution in [3.05, 3.63) is 42.2 Å². The molecule has 0 unspecified atom stereocenters. The number of hydrogen-bond acceptors (Lipinski definition) is 5. The quantitative estimate of drug-likeness (QED) is 0.495. The molecular weight excluding hydrogens is 348 g/mol. The SMILES string of the molecule is NCCCCNCc1nccc2c3ccccc3n(CCN3CCNCC3)c12. The van der Waals surface area contributed by atoms with Gasteiger partial charge in [-0.15, -0.1) is 0 Å². The van der Waals surface area contributed by atoms with Crippen LogP contribution in [-0.4, -0.2) is 60.3 Å². The average molecular weight is 381 g/mol. The molecule has 0 atom stereocenters. The Labute approximate surface area is 167 Å². The summed E-state index contributed by atoms with van der Waals surface area (Å²) in [4.78, 5) is 7.30. The van der Waals surface area contributed by atoms with Crippen molar-refractivity contribution >= 4 is 21.8 Å². The number of para-hydroxylation sites is 1. The van der Waals surface area contributed by atoms with E-state index in [0.29, 0.717) is 0 Å². The number of rotatable bonds is 9. The van der Waals surface area contributed by atoms with Gasteiger partial charge in [-0.2, -0.15) is 0 Å². The summed E-state index contributed by atoms with van der Waals surface area (Å²) in [5.41, 5.74) is 9.34. The molecule has 4 N–H and O–H groups in total. The Morgan fingerprint density at radius 3 is 2.75 bits per heavy atom. The molecule has 0 radical (unpaired) electrons. The molecule has 28 heavy (non-hydrogen) atoms. The van der Waals surface area contributed by atoms with Gasteiger partial charge in [0.05, 0.1) is 11.2 Å². The Balaban J connectivity index is 1.62. The predicted octanol–water partition coefficient (Wildman–Crippen LogP) is 1.92. The number of unbranched alkanes of at least 4 members (excludes halogenated alkanes) is 1. The summed E-state index contributed by atoms with van der Waals surface area (Å²) in [5.74, 6) is 0. The van der Waals surface area contributed by atoms with Gasteiger partial charge in [0.1, 0.15) is 0 Å². The van der Waals surface area contributed by atoms with E-state index in [1.165, 1.54) is 21.8 Å². The van der Waals surface area contributed by atoms with Crippen LogP contribution in [0.1, 0.15) is 18.5 Å². The predicted molar refractivity (Wildman–Crippen MR) is 117 cm³/mol. The van der Waals surface area contributed by atoms with Crippen LogP contribution in [-0.2, 0) is 13.1 Å². The molecule has 6 heteroatoms. The normalized spacial score (nSPS) is 15.6. The maximum absolute atomic E-state index is 5.60. The zero-order valence-electron chi connectivity index (χ0n) is 16.7. The highest BCUT2D eigenvalue weighted by molar-refractivity contribution is 6.08. The molecule has 1 aliphatic heterocycles. The first-order valence-electron chi connectivity index (χ1n) is 10.6. The maximum atomic E-state index is 5.60. The van der Waals surface area contributed by atoms with Crippen LogP contribution in [0, 0.1) is 0 Å². The van der Waals surface area contributed by atoms with Crippen molar-refractivity contribution in [3.63, 3.8) is 0 Å². The van der Waals surface area contributed by atoms with Gasteiger partial charge in [0.15, 0.2) is 0 Å². The molecule has 0 saturated carbocycles. The van der Waals surface area contributed by atoms with E-state index in [2.05, 4.69) is 50.4 Å². The Morgan fingerprint density at radius 1 is 1.04 bits per heavy atom. The zero-order valence-corrected chi connectivity index (χ0v) is 16.7. The summed E-state index contributed by atoms with van der Waals surface area (Å²) in [5, 5.41) is 9.63. The highest BCUT2D eigenvalue weighted by atomic mass is 15.2. The van der Waals surface area contributed by atoms with E-state index in [1.54, 1.807) is 0 Å². The molecule has 1 aromatic carbocycles. The molecule has 0 aliphatic carbocycles. The van der Waals surface area contributed by atoms with E-state index in [9.17, 15) is 0 Å². The summed E-state index contributed by atoms with van der Waals surface area (Å²) in [6.45, 7) is 9.05. The Hall–Kier alpha value is -1.99. The van der Waals surface area contributed by atoms with Gasteiger partial charge in [-0.1, -0.05) is 18.2 Å². The lowest BCUT2D eigenvalue weighted by molar-refractivity contribution is 0.234. The third-order valence-corrected chi connectivity index (χ3v) is 5.70. The van der Waals surface area contributed by atoms with Crippen LogP contribution in [0.2, 0.25) is 0 Å². The fourth-order valence-corrected chi connectivity index (χ4v) is 4.21. The van der Waals surface area contributed by atoms with Gasteiger partial charge in [-0.05, 0) is 38.1 Å². The van der Waals surface area contributed by atoms with Crippen molar-refractivity contribution in [2.45, 2.75) is 25.9 Å². The summed E-state index contributed by atoms with van der Waals surface area (Å²) in [7, 11) is 0. The number of nitrogens with two attached hydrogens (primary N) is 1. The van der Waals surface area contributed by atoms with Crippen molar-refractivity contribution in [1.29, 1.82) is 0 Å².